The SMILES string of the molecule is CN(CC(F)(F)F)c1ccc(CCN)cc1C(F)(F)F. The van der Waals surface area contributed by atoms with E-state index >= 15 is 0 Å². The second kappa shape index (κ2) is 5.90. The van der Waals surface area contributed by atoms with Gasteiger partial charge in [-0.1, -0.05) is 6.07 Å². The Kier molecular flexibility index (Phi) is 4.90. The van der Waals surface area contributed by atoms with Crippen molar-refractivity contribution in [3.05, 3.63) is 29.3 Å². The van der Waals surface area contributed by atoms with Crippen molar-refractivity contribution in [1.82, 2.24) is 0 Å². The first-order valence-corrected chi connectivity index (χ1v) is 5.72. The van der Waals surface area contributed by atoms with Crippen LogP contribution in [0.1, 0.15) is 11.1 Å². The molecule has 0 spiro atoms. The van der Waals surface area contributed by atoms with E-state index in [1.807, 2.05) is 0 Å². The standard InChI is InChI=1S/C12H14F6N2/c1-20(7-11(13,14)15)10-3-2-8(4-5-19)6-9(10)12(16,17)18/h2-3,6H,4-5,7,19H2,1H3. The van der Waals surface area contributed by atoms with E-state index < -0.39 is 30.1 Å². The number of nitrogens with zero attached hydrogens (tertiary/aromatic N) is 1. The molecule has 0 heterocycles. The fraction of sp³-hybridized carbons (Fsp3) is 0.500. The number of nitrogens with two attached hydrogens (primary N) is 1. The maximum atomic E-state index is 12.9. The van der Waals surface area contributed by atoms with Gasteiger partial charge < -0.3 is 10.6 Å². The van der Waals surface area contributed by atoms with Crippen LogP contribution in [0.25, 0.3) is 0 Å². The van der Waals surface area contributed by atoms with Crippen LogP contribution in [0.2, 0.25) is 0 Å². The van der Waals surface area contributed by atoms with Gasteiger partial charge in [-0.05, 0) is 30.7 Å². The van der Waals surface area contributed by atoms with E-state index in [0.29, 0.717) is 10.5 Å². The van der Waals surface area contributed by atoms with Gasteiger partial charge >= 0.3 is 12.4 Å². The molecule has 8 heteroatoms. The van der Waals surface area contributed by atoms with Crippen molar-refractivity contribution in [3.63, 3.8) is 0 Å². The van der Waals surface area contributed by atoms with Gasteiger partial charge in [0.2, 0.25) is 0 Å². The summed E-state index contributed by atoms with van der Waals surface area (Å²) >= 11 is 0. The minimum Gasteiger partial charge on any atom is -0.365 e. The lowest BCUT2D eigenvalue weighted by molar-refractivity contribution is -0.138. The largest absolute Gasteiger partial charge is 0.418 e. The maximum Gasteiger partial charge on any atom is 0.418 e. The summed E-state index contributed by atoms with van der Waals surface area (Å²) in [5.74, 6) is 0. The Morgan fingerprint density at radius 3 is 2.15 bits per heavy atom. The van der Waals surface area contributed by atoms with Crippen LogP contribution in [-0.4, -0.2) is 26.3 Å². The molecule has 1 aromatic carbocycles. The van der Waals surface area contributed by atoms with E-state index in [1.165, 1.54) is 6.07 Å². The van der Waals surface area contributed by atoms with E-state index in [0.717, 1.165) is 19.2 Å². The summed E-state index contributed by atoms with van der Waals surface area (Å²) in [4.78, 5) is 0.537. The predicted molar refractivity (Wildman–Crippen MR) is 63.5 cm³/mol. The molecular formula is C12H14F6N2. The van der Waals surface area contributed by atoms with Gasteiger partial charge in [-0.2, -0.15) is 26.3 Å². The van der Waals surface area contributed by atoms with Crippen molar-refractivity contribution >= 4 is 5.69 Å². The summed E-state index contributed by atoms with van der Waals surface area (Å²) in [5, 5.41) is 0. The molecule has 1 rings (SSSR count). The zero-order valence-electron chi connectivity index (χ0n) is 10.6. The van der Waals surface area contributed by atoms with Crippen LogP contribution in [0.15, 0.2) is 18.2 Å². The molecule has 0 aliphatic carbocycles. The highest BCUT2D eigenvalue weighted by Crippen LogP contribution is 2.37. The first-order chi connectivity index (χ1) is 9.04. The molecule has 0 saturated carbocycles. The van der Waals surface area contributed by atoms with Crippen LogP contribution in [0, 0.1) is 0 Å². The highest BCUT2D eigenvalue weighted by molar-refractivity contribution is 5.56. The summed E-state index contributed by atoms with van der Waals surface area (Å²) in [5.41, 5.74) is 4.01. The first-order valence-electron chi connectivity index (χ1n) is 5.72. The topological polar surface area (TPSA) is 29.3 Å². The maximum absolute atomic E-state index is 12.9. The minimum atomic E-state index is -4.72. The van der Waals surface area contributed by atoms with Gasteiger partial charge in [0.15, 0.2) is 0 Å². The summed E-state index contributed by atoms with van der Waals surface area (Å²) in [6, 6.07) is 3.24. The van der Waals surface area contributed by atoms with Crippen molar-refractivity contribution in [3.8, 4) is 0 Å². The number of halogens is 6. The Morgan fingerprint density at radius 2 is 1.70 bits per heavy atom. The second-order valence-electron chi connectivity index (χ2n) is 4.36. The van der Waals surface area contributed by atoms with Gasteiger partial charge in [0.25, 0.3) is 0 Å². The molecular weight excluding hydrogens is 286 g/mol. The molecule has 0 atom stereocenters. The van der Waals surface area contributed by atoms with E-state index in [4.69, 9.17) is 5.73 Å². The summed E-state index contributed by atoms with van der Waals surface area (Å²) in [6.45, 7) is -1.29. The fourth-order valence-electron chi connectivity index (χ4n) is 1.82. The average molecular weight is 300 g/mol. The first kappa shape index (κ1) is 16.6. The second-order valence-corrected chi connectivity index (χ2v) is 4.36. The van der Waals surface area contributed by atoms with Crippen molar-refractivity contribution in [2.75, 3.05) is 25.0 Å². The quantitative estimate of drug-likeness (QED) is 0.865. The Morgan fingerprint density at radius 1 is 1.10 bits per heavy atom. The molecule has 1 aromatic rings. The summed E-state index contributed by atoms with van der Waals surface area (Å²) < 4.78 is 75.6. The molecule has 0 aliphatic heterocycles. The number of benzene rings is 1. The van der Waals surface area contributed by atoms with Crippen LogP contribution in [0.5, 0.6) is 0 Å². The van der Waals surface area contributed by atoms with Gasteiger partial charge in [-0.3, -0.25) is 0 Å². The van der Waals surface area contributed by atoms with Gasteiger partial charge in [0.1, 0.15) is 6.54 Å². The highest BCUT2D eigenvalue weighted by Gasteiger charge is 2.37. The van der Waals surface area contributed by atoms with Crippen molar-refractivity contribution in [2.45, 2.75) is 18.8 Å². The summed E-state index contributed by atoms with van der Waals surface area (Å²) in [7, 11) is 0.973. The van der Waals surface area contributed by atoms with Gasteiger partial charge in [0.05, 0.1) is 5.56 Å². The Balaban J connectivity index is 3.18. The van der Waals surface area contributed by atoms with Gasteiger partial charge in [-0.25, -0.2) is 0 Å². The molecule has 2 N–H and O–H groups in total. The molecule has 0 aliphatic rings. The average Bonchev–Trinajstić information content (AvgIpc) is 2.25. The van der Waals surface area contributed by atoms with Gasteiger partial charge in [-0.15, -0.1) is 0 Å². The number of rotatable bonds is 4. The van der Waals surface area contributed by atoms with Crippen LogP contribution in [0.3, 0.4) is 0 Å². The zero-order chi connectivity index (χ0) is 15.6. The lowest BCUT2D eigenvalue weighted by Crippen LogP contribution is -2.32. The highest BCUT2D eigenvalue weighted by atomic mass is 19.4. The van der Waals surface area contributed by atoms with Crippen LogP contribution in [-0.2, 0) is 12.6 Å². The lowest BCUT2D eigenvalue weighted by Gasteiger charge is -2.25. The number of hydrogen-bond donors (Lipinski definition) is 1. The third-order valence-corrected chi connectivity index (χ3v) is 2.63. The van der Waals surface area contributed by atoms with E-state index in [9.17, 15) is 26.3 Å². The molecule has 114 valence electrons. The zero-order valence-corrected chi connectivity index (χ0v) is 10.6. The van der Waals surface area contributed by atoms with Crippen LogP contribution in [0.4, 0.5) is 32.0 Å². The smallest absolute Gasteiger partial charge is 0.365 e. The molecule has 0 aromatic heterocycles. The van der Waals surface area contributed by atoms with Crippen molar-refractivity contribution in [2.24, 2.45) is 5.73 Å². The molecule has 0 radical (unpaired) electrons. The van der Waals surface area contributed by atoms with Crippen molar-refractivity contribution < 1.29 is 26.3 Å². The monoisotopic (exact) mass is 300 g/mol. The van der Waals surface area contributed by atoms with E-state index in [1.54, 1.807) is 0 Å². The molecule has 0 saturated heterocycles. The number of alkyl halides is 6. The predicted octanol–water partition coefficient (Wildman–Crippen LogP) is 3.21. The number of anilines is 1. The molecule has 20 heavy (non-hydrogen) atoms. The summed E-state index contributed by atoms with van der Waals surface area (Å²) in [6.07, 6.45) is -9.07. The Hall–Kier alpha value is -1.44. The van der Waals surface area contributed by atoms with Gasteiger partial charge in [0, 0.05) is 12.7 Å². The van der Waals surface area contributed by atoms with Crippen molar-refractivity contribution in [1.29, 1.82) is 0 Å². The Bertz CT molecular complexity index is 452. The lowest BCUT2D eigenvalue weighted by atomic mass is 10.0. The third-order valence-electron chi connectivity index (χ3n) is 2.63. The molecule has 0 bridgehead atoms. The van der Waals surface area contributed by atoms with E-state index in [2.05, 4.69) is 0 Å². The molecule has 0 fully saturated rings. The molecule has 0 amide bonds. The van der Waals surface area contributed by atoms with Crippen LogP contribution >= 0.6 is 0 Å². The van der Waals surface area contributed by atoms with Crippen LogP contribution < -0.4 is 10.6 Å². The molecule has 2 nitrogen and oxygen atoms in total. The normalized spacial score (nSPS) is 12.6. The number of hydrogen-bond acceptors (Lipinski definition) is 2. The minimum absolute atomic E-state index is 0.162. The van der Waals surface area contributed by atoms with E-state index in [-0.39, 0.29) is 13.0 Å². The fourth-order valence-corrected chi connectivity index (χ4v) is 1.82. The molecule has 0 unspecified atom stereocenters. The Labute approximate surface area is 112 Å². The third kappa shape index (κ3) is 4.59.